The summed E-state index contributed by atoms with van der Waals surface area (Å²) in [5.74, 6) is -0.129. The van der Waals surface area contributed by atoms with E-state index in [0.29, 0.717) is 23.9 Å². The Hall–Kier alpha value is -1.92. The van der Waals surface area contributed by atoms with Crippen LogP contribution in [0.25, 0.3) is 11.3 Å². The highest BCUT2D eigenvalue weighted by atomic mass is 35.5. The maximum Gasteiger partial charge on any atom is 0.269 e. The molecule has 1 aromatic heterocycles. The van der Waals surface area contributed by atoms with Crippen molar-refractivity contribution in [2.45, 2.75) is 31.7 Å². The van der Waals surface area contributed by atoms with Gasteiger partial charge in [0.25, 0.3) is 5.91 Å². The molecule has 0 radical (unpaired) electrons. The minimum Gasteiger partial charge on any atom is -0.348 e. The fourth-order valence-corrected chi connectivity index (χ4v) is 3.13. The summed E-state index contributed by atoms with van der Waals surface area (Å²) in [4.78, 5) is 12.4. The van der Waals surface area contributed by atoms with Crippen molar-refractivity contribution in [1.29, 1.82) is 0 Å². The number of carbonyl (C=O) groups excluding carboxylic acids is 1. The van der Waals surface area contributed by atoms with E-state index >= 15 is 0 Å². The summed E-state index contributed by atoms with van der Waals surface area (Å²) < 4.78 is 13.0. The number of carbonyl (C=O) groups is 1. The zero-order chi connectivity index (χ0) is 16.2. The lowest BCUT2D eigenvalue weighted by atomic mass is 9.84. The first-order valence-corrected chi connectivity index (χ1v) is 7.99. The zero-order valence-corrected chi connectivity index (χ0v) is 14.1. The fraction of sp³-hybridized carbons (Fsp3) is 0.412. The number of hydrogen-bond acceptors (Lipinski definition) is 3. The Labute approximate surface area is 146 Å². The summed E-state index contributed by atoms with van der Waals surface area (Å²) >= 11 is 0. The van der Waals surface area contributed by atoms with Gasteiger partial charge in [0.2, 0.25) is 0 Å². The van der Waals surface area contributed by atoms with Gasteiger partial charge in [0.15, 0.2) is 0 Å². The molecule has 2 atom stereocenters. The van der Waals surface area contributed by atoms with Crippen molar-refractivity contribution >= 4 is 18.3 Å². The van der Waals surface area contributed by atoms with Gasteiger partial charge >= 0.3 is 0 Å². The molecule has 0 aliphatic heterocycles. The van der Waals surface area contributed by atoms with Gasteiger partial charge in [0.1, 0.15) is 11.5 Å². The Morgan fingerprint density at radius 2 is 2.00 bits per heavy atom. The van der Waals surface area contributed by atoms with Crippen molar-refractivity contribution < 1.29 is 9.18 Å². The van der Waals surface area contributed by atoms with Crippen LogP contribution in [0.3, 0.4) is 0 Å². The Kier molecular flexibility index (Phi) is 6.34. The summed E-state index contributed by atoms with van der Waals surface area (Å²) in [6.45, 7) is 0.592. The van der Waals surface area contributed by atoms with Gasteiger partial charge < -0.3 is 11.1 Å². The van der Waals surface area contributed by atoms with E-state index < -0.39 is 0 Å². The molecule has 1 heterocycles. The highest BCUT2D eigenvalue weighted by Crippen LogP contribution is 2.24. The molecule has 0 saturated heterocycles. The molecule has 1 aromatic carbocycles. The van der Waals surface area contributed by atoms with Crippen LogP contribution in [-0.2, 0) is 0 Å². The van der Waals surface area contributed by atoms with Crippen LogP contribution in [0.1, 0.15) is 36.2 Å². The third-order valence-electron chi connectivity index (χ3n) is 4.49. The first-order valence-electron chi connectivity index (χ1n) is 7.99. The van der Waals surface area contributed by atoms with Crippen molar-refractivity contribution in [2.24, 2.45) is 11.7 Å². The Morgan fingerprint density at radius 3 is 2.71 bits per heavy atom. The number of hydrogen-bond donors (Lipinski definition) is 3. The number of aromatic amines is 1. The summed E-state index contributed by atoms with van der Waals surface area (Å²) in [6, 6.07) is 7.83. The molecule has 7 heteroatoms. The van der Waals surface area contributed by atoms with Crippen molar-refractivity contribution in [3.8, 4) is 11.3 Å². The minimum absolute atomic E-state index is 0. The Balaban J connectivity index is 0.00000208. The predicted octanol–water partition coefficient (Wildman–Crippen LogP) is 2.88. The molecule has 5 nitrogen and oxygen atoms in total. The maximum absolute atomic E-state index is 13.0. The van der Waals surface area contributed by atoms with E-state index in [1.165, 1.54) is 18.6 Å². The van der Waals surface area contributed by atoms with E-state index in [-0.39, 0.29) is 30.2 Å². The molecule has 2 aromatic rings. The fourth-order valence-electron chi connectivity index (χ4n) is 3.13. The molecule has 1 saturated carbocycles. The first kappa shape index (κ1) is 18.4. The monoisotopic (exact) mass is 352 g/mol. The zero-order valence-electron chi connectivity index (χ0n) is 13.3. The molecule has 4 N–H and O–H groups in total. The quantitative estimate of drug-likeness (QED) is 0.791. The lowest BCUT2D eigenvalue weighted by Gasteiger charge is -2.31. The Morgan fingerprint density at radius 1 is 1.29 bits per heavy atom. The van der Waals surface area contributed by atoms with E-state index in [1.807, 2.05) is 0 Å². The summed E-state index contributed by atoms with van der Waals surface area (Å²) in [7, 11) is 0. The van der Waals surface area contributed by atoms with Gasteiger partial charge in [-0.1, -0.05) is 12.8 Å². The normalized spacial score (nSPS) is 20.2. The second kappa shape index (κ2) is 8.26. The van der Waals surface area contributed by atoms with Crippen molar-refractivity contribution in [3.63, 3.8) is 0 Å². The molecule has 1 aliphatic rings. The van der Waals surface area contributed by atoms with E-state index in [4.69, 9.17) is 5.73 Å². The second-order valence-corrected chi connectivity index (χ2v) is 6.03. The van der Waals surface area contributed by atoms with Crippen LogP contribution in [0, 0.1) is 11.7 Å². The minimum atomic E-state index is -0.299. The average Bonchev–Trinajstić information content (AvgIpc) is 3.06. The van der Waals surface area contributed by atoms with E-state index in [2.05, 4.69) is 15.5 Å². The van der Waals surface area contributed by atoms with Gasteiger partial charge in [-0.15, -0.1) is 12.4 Å². The number of nitrogens with two attached hydrogens (primary N) is 1. The van der Waals surface area contributed by atoms with Crippen molar-refractivity contribution in [1.82, 2.24) is 15.5 Å². The molecule has 130 valence electrons. The SMILES string of the molecule is Cl.NCC1CCCCC1NC(=O)c1cc(-c2ccc(F)cc2)n[nH]1. The maximum atomic E-state index is 13.0. The number of amides is 1. The van der Waals surface area contributed by atoms with Gasteiger partial charge in [-0.25, -0.2) is 4.39 Å². The summed E-state index contributed by atoms with van der Waals surface area (Å²) in [6.07, 6.45) is 4.32. The van der Waals surface area contributed by atoms with Gasteiger partial charge in [-0.3, -0.25) is 9.89 Å². The molecule has 1 amide bonds. The summed E-state index contributed by atoms with van der Waals surface area (Å²) in [5.41, 5.74) is 7.59. The topological polar surface area (TPSA) is 83.8 Å². The van der Waals surface area contributed by atoms with Gasteiger partial charge in [0, 0.05) is 11.6 Å². The lowest BCUT2D eigenvalue weighted by Crippen LogP contribution is -2.44. The van der Waals surface area contributed by atoms with Crippen molar-refractivity contribution in [3.05, 3.63) is 41.8 Å². The summed E-state index contributed by atoms with van der Waals surface area (Å²) in [5, 5.41) is 9.95. The molecule has 24 heavy (non-hydrogen) atoms. The number of nitrogens with one attached hydrogen (secondary N) is 2. The molecule has 3 rings (SSSR count). The Bertz CT molecular complexity index is 673. The molecular formula is C17H22ClFN4O. The van der Waals surface area contributed by atoms with E-state index in [9.17, 15) is 9.18 Å². The van der Waals surface area contributed by atoms with Crippen LogP contribution in [0.4, 0.5) is 4.39 Å². The van der Waals surface area contributed by atoms with Crippen LogP contribution < -0.4 is 11.1 Å². The van der Waals surface area contributed by atoms with Gasteiger partial charge in [-0.05, 0) is 55.6 Å². The molecule has 0 bridgehead atoms. The third-order valence-corrected chi connectivity index (χ3v) is 4.49. The first-order chi connectivity index (χ1) is 11.2. The second-order valence-electron chi connectivity index (χ2n) is 6.03. The number of H-pyrrole nitrogens is 1. The van der Waals surface area contributed by atoms with E-state index in [0.717, 1.165) is 24.8 Å². The van der Waals surface area contributed by atoms with Crippen LogP contribution >= 0.6 is 12.4 Å². The highest BCUT2D eigenvalue weighted by molar-refractivity contribution is 5.93. The number of aromatic nitrogens is 2. The number of nitrogens with zero attached hydrogens (tertiary/aromatic N) is 1. The highest BCUT2D eigenvalue weighted by Gasteiger charge is 2.26. The van der Waals surface area contributed by atoms with Crippen LogP contribution in [0.5, 0.6) is 0 Å². The predicted molar refractivity (Wildman–Crippen MR) is 93.5 cm³/mol. The van der Waals surface area contributed by atoms with Crippen LogP contribution in [0.2, 0.25) is 0 Å². The third kappa shape index (κ3) is 4.13. The largest absolute Gasteiger partial charge is 0.348 e. The average molecular weight is 353 g/mol. The lowest BCUT2D eigenvalue weighted by molar-refractivity contribution is 0.0903. The van der Waals surface area contributed by atoms with E-state index in [1.54, 1.807) is 18.2 Å². The van der Waals surface area contributed by atoms with Gasteiger partial charge in [-0.2, -0.15) is 5.10 Å². The van der Waals surface area contributed by atoms with Gasteiger partial charge in [0.05, 0.1) is 5.69 Å². The standard InChI is InChI=1S/C17H21FN4O.ClH/c18-13-7-5-11(6-8-13)15-9-16(22-21-15)17(23)20-14-4-2-1-3-12(14)10-19;/h5-9,12,14H,1-4,10,19H2,(H,20,23)(H,21,22);1H. The molecule has 1 aliphatic carbocycles. The van der Waals surface area contributed by atoms with Crippen LogP contribution in [-0.4, -0.2) is 28.7 Å². The molecule has 2 unspecified atom stereocenters. The number of benzene rings is 1. The smallest absolute Gasteiger partial charge is 0.269 e. The molecule has 0 spiro atoms. The van der Waals surface area contributed by atoms with Crippen LogP contribution in [0.15, 0.2) is 30.3 Å². The molecular weight excluding hydrogens is 331 g/mol. The molecule has 1 fully saturated rings. The van der Waals surface area contributed by atoms with Crippen molar-refractivity contribution in [2.75, 3.05) is 6.54 Å². The number of halogens is 2. The number of rotatable bonds is 4.